The first-order chi connectivity index (χ1) is 8.94. The first-order valence-electron chi connectivity index (χ1n) is 5.46. The molecular formula is C12H12N4O2S. The van der Waals surface area contributed by atoms with Crippen LogP contribution in [0, 0.1) is 18.3 Å². The summed E-state index contributed by atoms with van der Waals surface area (Å²) in [5.74, 6) is 0.352. The van der Waals surface area contributed by atoms with Gasteiger partial charge in [-0.1, -0.05) is 12.1 Å². The summed E-state index contributed by atoms with van der Waals surface area (Å²) in [6.07, 6.45) is 0. The molecule has 2 aromatic rings. The van der Waals surface area contributed by atoms with Crippen molar-refractivity contribution in [2.45, 2.75) is 11.8 Å². The molecule has 0 spiro atoms. The highest BCUT2D eigenvalue weighted by Crippen LogP contribution is 2.19. The van der Waals surface area contributed by atoms with Crippen LogP contribution in [0.25, 0.3) is 0 Å². The third kappa shape index (κ3) is 2.58. The number of nitrogens with one attached hydrogen (secondary N) is 1. The Bertz CT molecular complexity index is 756. The molecule has 0 saturated heterocycles. The highest BCUT2D eigenvalue weighted by Gasteiger charge is 2.19. The van der Waals surface area contributed by atoms with E-state index in [4.69, 9.17) is 5.26 Å². The normalized spacial score (nSPS) is 11.0. The topological polar surface area (TPSA) is 87.8 Å². The molecule has 1 aromatic carbocycles. The molecule has 0 aliphatic rings. The predicted molar refractivity (Wildman–Crippen MR) is 69.9 cm³/mol. The van der Waals surface area contributed by atoms with Crippen molar-refractivity contribution in [3.63, 3.8) is 0 Å². The molecule has 6 nitrogen and oxygen atoms in total. The van der Waals surface area contributed by atoms with Gasteiger partial charge in [-0.25, -0.2) is 8.42 Å². The second-order valence-electron chi connectivity index (χ2n) is 4.01. The Hall–Kier alpha value is -2.33. The van der Waals surface area contributed by atoms with Crippen LogP contribution in [-0.2, 0) is 17.1 Å². The maximum atomic E-state index is 12.2. The fourth-order valence-corrected chi connectivity index (χ4v) is 2.93. The Morgan fingerprint density at radius 2 is 2.05 bits per heavy atom. The van der Waals surface area contributed by atoms with Gasteiger partial charge in [0.15, 0.2) is 0 Å². The van der Waals surface area contributed by atoms with E-state index in [1.807, 2.05) is 6.07 Å². The van der Waals surface area contributed by atoms with E-state index in [1.165, 1.54) is 16.8 Å². The fourth-order valence-electron chi connectivity index (χ4n) is 1.69. The number of hydrogen-bond donors (Lipinski definition) is 1. The number of sulfonamides is 1. The van der Waals surface area contributed by atoms with Gasteiger partial charge < -0.3 is 0 Å². The molecule has 0 bridgehead atoms. The van der Waals surface area contributed by atoms with Gasteiger partial charge in [0.05, 0.1) is 11.3 Å². The van der Waals surface area contributed by atoms with E-state index in [0.29, 0.717) is 11.5 Å². The number of nitrogens with zero attached hydrogens (tertiary/aromatic N) is 3. The van der Waals surface area contributed by atoms with Crippen molar-refractivity contribution in [1.82, 2.24) is 9.78 Å². The Balaban J connectivity index is 2.44. The molecule has 2 rings (SSSR count). The van der Waals surface area contributed by atoms with E-state index in [-0.39, 0.29) is 10.5 Å². The summed E-state index contributed by atoms with van der Waals surface area (Å²) in [5.41, 5.74) is 0.808. The quantitative estimate of drug-likeness (QED) is 0.917. The molecule has 0 atom stereocenters. The largest absolute Gasteiger partial charge is 0.264 e. The SMILES string of the molecule is Cc1cc(NS(=O)(=O)c2ccccc2C#N)n(C)n1. The number of aromatic nitrogens is 2. The third-order valence-electron chi connectivity index (χ3n) is 2.54. The van der Waals surface area contributed by atoms with Gasteiger partial charge in [0.2, 0.25) is 0 Å². The highest BCUT2D eigenvalue weighted by atomic mass is 32.2. The third-order valence-corrected chi connectivity index (χ3v) is 3.95. The standard InChI is InChI=1S/C12H12N4O2S/c1-9-7-12(16(2)14-9)15-19(17,18)11-6-4-3-5-10(11)8-13/h3-7,15H,1-2H3. The van der Waals surface area contributed by atoms with Gasteiger partial charge >= 0.3 is 0 Å². The number of benzene rings is 1. The van der Waals surface area contributed by atoms with Crippen LogP contribution < -0.4 is 4.72 Å². The lowest BCUT2D eigenvalue weighted by atomic mass is 10.2. The van der Waals surface area contributed by atoms with Gasteiger partial charge in [-0.3, -0.25) is 9.40 Å². The zero-order valence-electron chi connectivity index (χ0n) is 10.5. The second kappa shape index (κ2) is 4.74. The van der Waals surface area contributed by atoms with Gasteiger partial charge in [-0.05, 0) is 19.1 Å². The average Bonchev–Trinajstić information content (AvgIpc) is 2.67. The highest BCUT2D eigenvalue weighted by molar-refractivity contribution is 7.92. The minimum Gasteiger partial charge on any atom is -0.264 e. The lowest BCUT2D eigenvalue weighted by Gasteiger charge is -2.08. The van der Waals surface area contributed by atoms with Crippen LogP contribution in [0.15, 0.2) is 35.2 Å². The molecule has 0 unspecified atom stereocenters. The molecule has 0 radical (unpaired) electrons. The first kappa shape index (κ1) is 13.1. The molecule has 98 valence electrons. The van der Waals surface area contributed by atoms with E-state index in [9.17, 15) is 8.42 Å². The van der Waals surface area contributed by atoms with Gasteiger partial charge in [0, 0.05) is 13.1 Å². The molecular weight excluding hydrogens is 264 g/mol. The van der Waals surface area contributed by atoms with Crippen LogP contribution >= 0.6 is 0 Å². The van der Waals surface area contributed by atoms with Crippen molar-refractivity contribution in [2.24, 2.45) is 7.05 Å². The van der Waals surface area contributed by atoms with Crippen molar-refractivity contribution in [3.8, 4) is 6.07 Å². The molecule has 0 fully saturated rings. The first-order valence-corrected chi connectivity index (χ1v) is 6.95. The molecule has 0 aliphatic carbocycles. The maximum absolute atomic E-state index is 12.2. The summed E-state index contributed by atoms with van der Waals surface area (Å²) in [5, 5.41) is 13.0. The van der Waals surface area contributed by atoms with Crippen LogP contribution in [-0.4, -0.2) is 18.2 Å². The van der Waals surface area contributed by atoms with Crippen LogP contribution in [0.4, 0.5) is 5.82 Å². The lowest BCUT2D eigenvalue weighted by molar-refractivity contribution is 0.600. The van der Waals surface area contributed by atoms with Crippen LogP contribution in [0.3, 0.4) is 0 Å². The minimum atomic E-state index is -3.80. The van der Waals surface area contributed by atoms with Crippen molar-refractivity contribution in [1.29, 1.82) is 5.26 Å². The predicted octanol–water partition coefficient (Wildman–Crippen LogP) is 1.40. The molecule has 0 aliphatic heterocycles. The Morgan fingerprint density at radius 1 is 1.37 bits per heavy atom. The van der Waals surface area contributed by atoms with Gasteiger partial charge in [0.1, 0.15) is 16.8 Å². The van der Waals surface area contributed by atoms with Crippen LogP contribution in [0.1, 0.15) is 11.3 Å². The molecule has 1 aromatic heterocycles. The zero-order chi connectivity index (χ0) is 14.0. The van der Waals surface area contributed by atoms with Crippen molar-refractivity contribution in [2.75, 3.05) is 4.72 Å². The molecule has 1 N–H and O–H groups in total. The minimum absolute atomic E-state index is 0.0450. The zero-order valence-corrected chi connectivity index (χ0v) is 11.3. The molecule has 1 heterocycles. The summed E-state index contributed by atoms with van der Waals surface area (Å²) in [6.45, 7) is 1.76. The monoisotopic (exact) mass is 276 g/mol. The average molecular weight is 276 g/mol. The van der Waals surface area contributed by atoms with Gasteiger partial charge in [0.25, 0.3) is 10.0 Å². The van der Waals surface area contributed by atoms with E-state index >= 15 is 0 Å². The molecule has 19 heavy (non-hydrogen) atoms. The van der Waals surface area contributed by atoms with Gasteiger partial charge in [-0.15, -0.1) is 0 Å². The number of rotatable bonds is 3. The van der Waals surface area contributed by atoms with Crippen molar-refractivity contribution in [3.05, 3.63) is 41.6 Å². The van der Waals surface area contributed by atoms with Crippen LogP contribution in [0.2, 0.25) is 0 Å². The summed E-state index contributed by atoms with van der Waals surface area (Å²) >= 11 is 0. The summed E-state index contributed by atoms with van der Waals surface area (Å²) < 4.78 is 28.3. The van der Waals surface area contributed by atoms with Crippen molar-refractivity contribution < 1.29 is 8.42 Å². The van der Waals surface area contributed by atoms with Gasteiger partial charge in [-0.2, -0.15) is 10.4 Å². The maximum Gasteiger partial charge on any atom is 0.264 e. The van der Waals surface area contributed by atoms with Crippen LogP contribution in [0.5, 0.6) is 0 Å². The second-order valence-corrected chi connectivity index (χ2v) is 5.66. The van der Waals surface area contributed by atoms with E-state index in [1.54, 1.807) is 32.2 Å². The number of aryl methyl sites for hydroxylation is 2. The summed E-state index contributed by atoms with van der Waals surface area (Å²) in [6, 6.07) is 9.53. The van der Waals surface area contributed by atoms with E-state index in [2.05, 4.69) is 9.82 Å². The van der Waals surface area contributed by atoms with E-state index < -0.39 is 10.0 Å². The number of anilines is 1. The Kier molecular flexibility index (Phi) is 3.27. The Labute approximate surface area is 111 Å². The Morgan fingerprint density at radius 3 is 2.63 bits per heavy atom. The van der Waals surface area contributed by atoms with Crippen molar-refractivity contribution >= 4 is 15.8 Å². The number of hydrogen-bond acceptors (Lipinski definition) is 4. The summed E-state index contributed by atoms with van der Waals surface area (Å²) in [4.78, 5) is -0.0450. The smallest absolute Gasteiger partial charge is 0.264 e. The molecule has 0 amide bonds. The molecule has 7 heteroatoms. The fraction of sp³-hybridized carbons (Fsp3) is 0.167. The number of nitriles is 1. The summed E-state index contributed by atoms with van der Waals surface area (Å²) in [7, 11) is -2.16. The van der Waals surface area contributed by atoms with E-state index in [0.717, 1.165) is 0 Å². The molecule has 0 saturated carbocycles. The lowest BCUT2D eigenvalue weighted by Crippen LogP contribution is -2.16.